The van der Waals surface area contributed by atoms with Crippen molar-refractivity contribution < 1.29 is 0 Å². The van der Waals surface area contributed by atoms with Crippen LogP contribution >= 0.6 is 11.3 Å². The minimum atomic E-state index is 0.0871. The Kier molecular flexibility index (Phi) is 4.80. The SMILES string of the molecule is Cc1cc(-c2cnc3nc(N(C)C4CC(C)(C)NC(C)(C)C4)sc3n2)cc2cn(C)nc12. The van der Waals surface area contributed by atoms with Crippen LogP contribution in [0.2, 0.25) is 0 Å². The molecule has 4 aromatic rings. The van der Waals surface area contributed by atoms with E-state index in [9.17, 15) is 0 Å². The lowest BCUT2D eigenvalue weighted by molar-refractivity contribution is 0.161. The van der Waals surface area contributed by atoms with E-state index in [2.05, 4.69) is 74.1 Å². The number of nitrogens with one attached hydrogen (secondary N) is 1. The second kappa shape index (κ2) is 7.22. The summed E-state index contributed by atoms with van der Waals surface area (Å²) in [6.45, 7) is 11.2. The number of rotatable bonds is 3. The molecular weight excluding hydrogens is 418 g/mol. The van der Waals surface area contributed by atoms with Crippen molar-refractivity contribution in [1.29, 1.82) is 0 Å². The van der Waals surface area contributed by atoms with E-state index >= 15 is 0 Å². The molecule has 1 aromatic carbocycles. The Morgan fingerprint density at radius 2 is 1.84 bits per heavy atom. The van der Waals surface area contributed by atoms with Gasteiger partial charge in [0.2, 0.25) is 0 Å². The molecule has 7 nitrogen and oxygen atoms in total. The Morgan fingerprint density at radius 3 is 2.56 bits per heavy atom. The van der Waals surface area contributed by atoms with Crippen LogP contribution in [0.1, 0.15) is 46.1 Å². The summed E-state index contributed by atoms with van der Waals surface area (Å²) < 4.78 is 1.85. The van der Waals surface area contributed by atoms with Gasteiger partial charge in [-0.2, -0.15) is 10.1 Å². The number of hydrogen-bond donors (Lipinski definition) is 1. The number of benzene rings is 1. The smallest absolute Gasteiger partial charge is 0.191 e. The number of anilines is 1. The van der Waals surface area contributed by atoms with Crippen LogP contribution in [0.15, 0.2) is 24.5 Å². The van der Waals surface area contributed by atoms with Gasteiger partial charge in [-0.3, -0.25) is 4.68 Å². The predicted octanol–water partition coefficient (Wildman–Crippen LogP) is 4.69. The first-order chi connectivity index (χ1) is 15.0. The molecule has 3 aromatic heterocycles. The first-order valence-corrected chi connectivity index (χ1v) is 11.9. The van der Waals surface area contributed by atoms with Crippen LogP contribution < -0.4 is 10.2 Å². The average molecular weight is 450 g/mol. The lowest BCUT2D eigenvalue weighted by Gasteiger charge is -2.48. The number of aromatic nitrogens is 5. The fourth-order valence-electron chi connectivity index (χ4n) is 5.28. The lowest BCUT2D eigenvalue weighted by atomic mass is 9.79. The fourth-order valence-corrected chi connectivity index (χ4v) is 6.21. The van der Waals surface area contributed by atoms with E-state index < -0.39 is 0 Å². The molecule has 5 rings (SSSR count). The van der Waals surface area contributed by atoms with Crippen LogP contribution in [0.4, 0.5) is 5.13 Å². The minimum Gasteiger partial charge on any atom is -0.348 e. The van der Waals surface area contributed by atoms with Gasteiger partial charge in [0.15, 0.2) is 15.6 Å². The van der Waals surface area contributed by atoms with E-state index in [1.54, 1.807) is 11.3 Å². The molecule has 1 fully saturated rings. The van der Waals surface area contributed by atoms with Gasteiger partial charge >= 0.3 is 0 Å². The largest absolute Gasteiger partial charge is 0.348 e. The Balaban J connectivity index is 1.48. The van der Waals surface area contributed by atoms with Gasteiger partial charge in [0, 0.05) is 48.4 Å². The van der Waals surface area contributed by atoms with Crippen LogP contribution in [0.25, 0.3) is 32.6 Å². The first-order valence-electron chi connectivity index (χ1n) is 11.1. The zero-order valence-electron chi connectivity index (χ0n) is 19.9. The van der Waals surface area contributed by atoms with Gasteiger partial charge in [0.05, 0.1) is 17.4 Å². The van der Waals surface area contributed by atoms with E-state index in [-0.39, 0.29) is 11.1 Å². The van der Waals surface area contributed by atoms with Crippen LogP contribution in [0.5, 0.6) is 0 Å². The van der Waals surface area contributed by atoms with Gasteiger partial charge in [0.1, 0.15) is 0 Å². The Bertz CT molecular complexity index is 1300. The van der Waals surface area contributed by atoms with Crippen molar-refractivity contribution in [1.82, 2.24) is 30.0 Å². The molecule has 0 bridgehead atoms. The normalized spacial score (nSPS) is 18.5. The zero-order valence-corrected chi connectivity index (χ0v) is 20.7. The Morgan fingerprint density at radius 1 is 1.12 bits per heavy atom. The van der Waals surface area contributed by atoms with Crippen molar-refractivity contribution in [3.8, 4) is 11.3 Å². The third kappa shape index (κ3) is 3.86. The molecular formula is C24H31N7S. The van der Waals surface area contributed by atoms with E-state index in [0.29, 0.717) is 11.7 Å². The quantitative estimate of drug-likeness (QED) is 0.489. The fraction of sp³-hybridized carbons (Fsp3) is 0.500. The molecule has 32 heavy (non-hydrogen) atoms. The third-order valence-corrected chi connectivity index (χ3v) is 7.37. The second-order valence-corrected chi connectivity index (χ2v) is 11.4. The molecule has 1 saturated heterocycles. The van der Waals surface area contributed by atoms with Crippen molar-refractivity contribution in [3.05, 3.63) is 30.1 Å². The number of aryl methyl sites for hydroxylation is 2. The monoisotopic (exact) mass is 449 g/mol. The van der Waals surface area contributed by atoms with E-state index in [1.807, 2.05) is 24.1 Å². The maximum atomic E-state index is 4.93. The van der Waals surface area contributed by atoms with Crippen LogP contribution in [0, 0.1) is 6.92 Å². The van der Waals surface area contributed by atoms with Gasteiger partial charge in [-0.05, 0) is 65.2 Å². The van der Waals surface area contributed by atoms with Gasteiger partial charge in [-0.25, -0.2) is 9.97 Å². The highest BCUT2D eigenvalue weighted by Crippen LogP contribution is 2.36. The number of thiazole rings is 1. The zero-order chi connectivity index (χ0) is 22.8. The van der Waals surface area contributed by atoms with Crippen molar-refractivity contribution in [2.75, 3.05) is 11.9 Å². The van der Waals surface area contributed by atoms with Crippen LogP contribution in [0.3, 0.4) is 0 Å². The summed E-state index contributed by atoms with van der Waals surface area (Å²) in [5.41, 5.74) is 4.98. The molecule has 0 atom stereocenters. The van der Waals surface area contributed by atoms with E-state index in [4.69, 9.17) is 9.97 Å². The third-order valence-electron chi connectivity index (χ3n) is 6.34. The van der Waals surface area contributed by atoms with Gasteiger partial charge < -0.3 is 10.2 Å². The standard InChI is InChI=1S/C24H31N7S/c1-14-8-15(9-16-13-30(6)28-19(14)16)18-12-25-20-21(26-18)32-22(27-20)31(7)17-10-23(2,3)29-24(4,5)11-17/h8-9,12-13,17,29H,10-11H2,1-7H3. The second-order valence-electron chi connectivity index (χ2n) is 10.5. The summed E-state index contributed by atoms with van der Waals surface area (Å²) in [5.74, 6) is 0. The number of fused-ring (bicyclic) bond motifs is 2. The summed E-state index contributed by atoms with van der Waals surface area (Å²) in [5, 5.41) is 10.4. The predicted molar refractivity (Wildman–Crippen MR) is 132 cm³/mol. The van der Waals surface area contributed by atoms with E-state index in [0.717, 1.165) is 50.5 Å². The lowest BCUT2D eigenvalue weighted by Crippen LogP contribution is -2.61. The molecule has 0 saturated carbocycles. The highest BCUT2D eigenvalue weighted by Gasteiger charge is 2.39. The topological polar surface area (TPSA) is 71.8 Å². The van der Waals surface area contributed by atoms with Crippen molar-refractivity contribution in [2.45, 2.75) is 64.6 Å². The Hall–Kier alpha value is -2.58. The molecule has 168 valence electrons. The van der Waals surface area contributed by atoms with Gasteiger partial charge in [-0.1, -0.05) is 11.3 Å². The summed E-state index contributed by atoms with van der Waals surface area (Å²) in [6, 6.07) is 4.69. The molecule has 0 unspecified atom stereocenters. The van der Waals surface area contributed by atoms with Crippen molar-refractivity contribution in [3.63, 3.8) is 0 Å². The highest BCUT2D eigenvalue weighted by atomic mass is 32.1. The summed E-state index contributed by atoms with van der Waals surface area (Å²) in [7, 11) is 4.10. The number of piperidine rings is 1. The maximum Gasteiger partial charge on any atom is 0.191 e. The Labute approximate surface area is 192 Å². The summed E-state index contributed by atoms with van der Waals surface area (Å²) >= 11 is 1.62. The molecule has 1 aliphatic rings. The molecule has 1 aliphatic heterocycles. The number of hydrogen-bond acceptors (Lipinski definition) is 7. The molecule has 8 heteroatoms. The summed E-state index contributed by atoms with van der Waals surface area (Å²) in [4.78, 5) is 17.6. The molecule has 0 radical (unpaired) electrons. The van der Waals surface area contributed by atoms with Crippen molar-refractivity contribution >= 4 is 37.8 Å². The maximum absolute atomic E-state index is 4.93. The van der Waals surface area contributed by atoms with Gasteiger partial charge in [0.25, 0.3) is 0 Å². The van der Waals surface area contributed by atoms with Gasteiger partial charge in [-0.15, -0.1) is 0 Å². The van der Waals surface area contributed by atoms with Crippen molar-refractivity contribution in [2.24, 2.45) is 7.05 Å². The number of nitrogens with zero attached hydrogens (tertiary/aromatic N) is 6. The molecule has 0 aliphatic carbocycles. The highest BCUT2D eigenvalue weighted by molar-refractivity contribution is 7.21. The van der Waals surface area contributed by atoms with E-state index in [1.165, 1.54) is 0 Å². The molecule has 1 N–H and O–H groups in total. The average Bonchev–Trinajstić information content (AvgIpc) is 3.27. The molecule has 4 heterocycles. The summed E-state index contributed by atoms with van der Waals surface area (Å²) in [6.07, 6.45) is 6.01. The minimum absolute atomic E-state index is 0.0871. The van der Waals surface area contributed by atoms with Crippen LogP contribution in [-0.2, 0) is 7.05 Å². The first kappa shape index (κ1) is 21.3. The van der Waals surface area contributed by atoms with Crippen LogP contribution in [-0.4, -0.2) is 48.9 Å². The molecule has 0 amide bonds. The molecule has 0 spiro atoms.